The molecule has 21 heavy (non-hydrogen) atoms. The molecule has 0 bridgehead atoms. The lowest BCUT2D eigenvalue weighted by molar-refractivity contribution is 0.332. The number of sulfonamides is 1. The maximum atomic E-state index is 13.0. The third-order valence-corrected chi connectivity index (χ3v) is 6.14. The summed E-state index contributed by atoms with van der Waals surface area (Å²) in [6.45, 7) is 2.67. The summed E-state index contributed by atoms with van der Waals surface area (Å²) in [5, 5.41) is 0. The van der Waals surface area contributed by atoms with Gasteiger partial charge < -0.3 is 10.5 Å². The molecular formula is C15H24N2O3S. The van der Waals surface area contributed by atoms with Gasteiger partial charge in [0.2, 0.25) is 10.0 Å². The molecule has 1 fully saturated rings. The van der Waals surface area contributed by atoms with Crippen molar-refractivity contribution in [2.75, 3.05) is 13.7 Å². The number of nitrogens with zero attached hydrogens (tertiary/aromatic N) is 1. The normalized spacial score (nSPS) is 16.6. The molecule has 118 valence electrons. The Hall–Kier alpha value is -1.11. The van der Waals surface area contributed by atoms with Crippen molar-refractivity contribution in [3.63, 3.8) is 0 Å². The van der Waals surface area contributed by atoms with Crippen LogP contribution in [-0.4, -0.2) is 32.4 Å². The van der Waals surface area contributed by atoms with Gasteiger partial charge in [-0.05, 0) is 30.5 Å². The summed E-state index contributed by atoms with van der Waals surface area (Å²) in [5.74, 6) is 0.378. The minimum Gasteiger partial charge on any atom is -0.495 e. The van der Waals surface area contributed by atoms with E-state index in [1.54, 1.807) is 22.5 Å². The van der Waals surface area contributed by atoms with Crippen molar-refractivity contribution in [3.05, 3.63) is 23.8 Å². The lowest BCUT2D eigenvalue weighted by Crippen LogP contribution is -2.38. The van der Waals surface area contributed by atoms with E-state index >= 15 is 0 Å². The van der Waals surface area contributed by atoms with Gasteiger partial charge in [-0.25, -0.2) is 8.42 Å². The third-order valence-electron chi connectivity index (χ3n) is 4.09. The molecule has 1 aliphatic carbocycles. The van der Waals surface area contributed by atoms with Gasteiger partial charge in [0.05, 0.1) is 7.11 Å². The molecule has 1 aromatic carbocycles. The molecule has 1 aliphatic rings. The lowest BCUT2D eigenvalue weighted by Gasteiger charge is -2.27. The van der Waals surface area contributed by atoms with Crippen LogP contribution in [0, 0.1) is 0 Å². The third kappa shape index (κ3) is 3.22. The van der Waals surface area contributed by atoms with E-state index < -0.39 is 10.0 Å². The highest BCUT2D eigenvalue weighted by atomic mass is 32.2. The van der Waals surface area contributed by atoms with Crippen molar-refractivity contribution in [2.24, 2.45) is 5.73 Å². The molecule has 1 saturated carbocycles. The molecule has 2 rings (SSSR count). The van der Waals surface area contributed by atoms with Crippen molar-refractivity contribution >= 4 is 10.0 Å². The van der Waals surface area contributed by atoms with Crippen LogP contribution in [0.1, 0.15) is 38.2 Å². The smallest absolute Gasteiger partial charge is 0.247 e. The summed E-state index contributed by atoms with van der Waals surface area (Å²) in [6.07, 6.45) is 4.06. The van der Waals surface area contributed by atoms with Crippen molar-refractivity contribution in [1.82, 2.24) is 4.31 Å². The van der Waals surface area contributed by atoms with Crippen molar-refractivity contribution in [1.29, 1.82) is 0 Å². The largest absolute Gasteiger partial charge is 0.495 e. The molecule has 0 atom stereocenters. The number of benzene rings is 1. The number of ether oxygens (including phenoxy) is 1. The minimum absolute atomic E-state index is 0.103. The highest BCUT2D eigenvalue weighted by Gasteiger charge is 2.33. The zero-order valence-electron chi connectivity index (χ0n) is 12.7. The molecule has 0 saturated heterocycles. The van der Waals surface area contributed by atoms with Crippen LogP contribution in [0.3, 0.4) is 0 Å². The first kappa shape index (κ1) is 16.3. The average molecular weight is 312 g/mol. The molecule has 0 aromatic heterocycles. The van der Waals surface area contributed by atoms with E-state index in [4.69, 9.17) is 10.5 Å². The first-order valence-electron chi connectivity index (χ1n) is 7.43. The number of hydrogen-bond donors (Lipinski definition) is 1. The Morgan fingerprint density at radius 2 is 2.00 bits per heavy atom. The number of rotatable bonds is 6. The fourth-order valence-corrected chi connectivity index (χ4v) is 4.89. The van der Waals surface area contributed by atoms with E-state index in [9.17, 15) is 8.42 Å². The zero-order valence-corrected chi connectivity index (χ0v) is 13.5. The van der Waals surface area contributed by atoms with Gasteiger partial charge in [-0.15, -0.1) is 0 Å². The van der Waals surface area contributed by atoms with Gasteiger partial charge in [-0.3, -0.25) is 0 Å². The van der Waals surface area contributed by atoms with E-state index in [0.717, 1.165) is 31.2 Å². The first-order chi connectivity index (χ1) is 10.0. The fourth-order valence-electron chi connectivity index (χ4n) is 2.99. The Labute approximate surface area is 127 Å². The summed E-state index contributed by atoms with van der Waals surface area (Å²) in [4.78, 5) is 0.224. The highest BCUT2D eigenvalue weighted by molar-refractivity contribution is 7.89. The van der Waals surface area contributed by atoms with Gasteiger partial charge in [0.1, 0.15) is 10.6 Å². The molecule has 1 aromatic rings. The van der Waals surface area contributed by atoms with Crippen LogP contribution in [0.5, 0.6) is 5.75 Å². The van der Waals surface area contributed by atoms with Crippen LogP contribution in [0.25, 0.3) is 0 Å². The van der Waals surface area contributed by atoms with Gasteiger partial charge in [0.15, 0.2) is 0 Å². The average Bonchev–Trinajstić information content (AvgIpc) is 3.01. The van der Waals surface area contributed by atoms with Crippen LogP contribution in [0.4, 0.5) is 0 Å². The zero-order chi connectivity index (χ0) is 15.5. The lowest BCUT2D eigenvalue weighted by atomic mass is 10.2. The molecule has 2 N–H and O–H groups in total. The predicted molar refractivity (Wildman–Crippen MR) is 82.7 cm³/mol. The van der Waals surface area contributed by atoms with Crippen LogP contribution in [0.2, 0.25) is 0 Å². The van der Waals surface area contributed by atoms with Crippen LogP contribution in [-0.2, 0) is 16.6 Å². The van der Waals surface area contributed by atoms with Crippen LogP contribution in [0.15, 0.2) is 23.1 Å². The maximum absolute atomic E-state index is 13.0. The highest BCUT2D eigenvalue weighted by Crippen LogP contribution is 2.32. The van der Waals surface area contributed by atoms with E-state index in [1.807, 2.05) is 6.92 Å². The second kappa shape index (κ2) is 6.77. The Morgan fingerprint density at radius 1 is 1.33 bits per heavy atom. The maximum Gasteiger partial charge on any atom is 0.247 e. The molecule has 0 spiro atoms. The summed E-state index contributed by atoms with van der Waals surface area (Å²) in [5.41, 5.74) is 6.42. The summed E-state index contributed by atoms with van der Waals surface area (Å²) >= 11 is 0. The van der Waals surface area contributed by atoms with E-state index in [0.29, 0.717) is 18.8 Å². The molecule has 0 heterocycles. The summed E-state index contributed by atoms with van der Waals surface area (Å²) < 4.78 is 32.9. The number of methoxy groups -OCH3 is 1. The van der Waals surface area contributed by atoms with Gasteiger partial charge in [0, 0.05) is 19.1 Å². The van der Waals surface area contributed by atoms with Crippen LogP contribution < -0.4 is 10.5 Å². The van der Waals surface area contributed by atoms with E-state index in [1.165, 1.54) is 7.11 Å². The Kier molecular flexibility index (Phi) is 5.24. The molecule has 5 nitrogen and oxygen atoms in total. The molecule has 0 unspecified atom stereocenters. The second-order valence-electron chi connectivity index (χ2n) is 5.34. The molecular weight excluding hydrogens is 288 g/mol. The first-order valence-corrected chi connectivity index (χ1v) is 8.87. The number of hydrogen-bond acceptors (Lipinski definition) is 4. The van der Waals surface area contributed by atoms with Crippen molar-refractivity contribution in [3.8, 4) is 5.75 Å². The summed E-state index contributed by atoms with van der Waals surface area (Å²) in [6, 6.07) is 5.21. The van der Waals surface area contributed by atoms with Crippen molar-refractivity contribution in [2.45, 2.75) is 50.1 Å². The van der Waals surface area contributed by atoms with E-state index in [2.05, 4.69) is 0 Å². The van der Waals surface area contributed by atoms with Gasteiger partial charge in [0.25, 0.3) is 0 Å². The molecule has 0 amide bonds. The van der Waals surface area contributed by atoms with Gasteiger partial charge in [-0.1, -0.05) is 25.8 Å². The van der Waals surface area contributed by atoms with Crippen molar-refractivity contribution < 1.29 is 13.2 Å². The quantitative estimate of drug-likeness (QED) is 0.873. The molecule has 6 heteroatoms. The number of nitrogens with two attached hydrogens (primary N) is 1. The monoisotopic (exact) mass is 312 g/mol. The van der Waals surface area contributed by atoms with Crippen LogP contribution >= 0.6 is 0 Å². The Bertz CT molecular complexity index is 581. The topological polar surface area (TPSA) is 72.6 Å². The molecule has 0 aliphatic heterocycles. The predicted octanol–water partition coefficient (Wildman–Crippen LogP) is 2.11. The SMILES string of the molecule is CCN(C1CCCC1)S(=O)(=O)c1cc(CN)ccc1OC. The Morgan fingerprint density at radius 3 is 2.52 bits per heavy atom. The fraction of sp³-hybridized carbons (Fsp3) is 0.600. The summed E-state index contributed by atoms with van der Waals surface area (Å²) in [7, 11) is -2.07. The molecule has 0 radical (unpaired) electrons. The Balaban J connectivity index is 2.45. The standard InChI is InChI=1S/C15H24N2O3S/c1-3-17(13-6-4-5-7-13)21(18,19)15-10-12(11-16)8-9-14(15)20-2/h8-10,13H,3-7,11,16H2,1-2H3. The second-order valence-corrected chi connectivity index (χ2v) is 7.19. The van der Waals surface area contributed by atoms with Gasteiger partial charge in [-0.2, -0.15) is 4.31 Å². The van der Waals surface area contributed by atoms with E-state index in [-0.39, 0.29) is 10.9 Å². The minimum atomic E-state index is -3.56. The van der Waals surface area contributed by atoms with Gasteiger partial charge >= 0.3 is 0 Å².